The number of nitrogens with one attached hydrogen (secondary N) is 1. The Morgan fingerprint density at radius 1 is 0.880 bits per heavy atom. The summed E-state index contributed by atoms with van der Waals surface area (Å²) in [5.74, 6) is 1.32. The summed E-state index contributed by atoms with van der Waals surface area (Å²) < 4.78 is 0. The van der Waals surface area contributed by atoms with Crippen molar-refractivity contribution in [1.29, 1.82) is 0 Å². The monoisotopic (exact) mass is 347 g/mol. The molecule has 0 aromatic rings. The first-order chi connectivity index (χ1) is 12.3. The molecule has 2 saturated carbocycles. The van der Waals surface area contributed by atoms with Crippen molar-refractivity contribution in [3.8, 4) is 0 Å². The van der Waals surface area contributed by atoms with Crippen LogP contribution < -0.4 is 5.32 Å². The van der Waals surface area contributed by atoms with E-state index in [9.17, 15) is 4.79 Å². The lowest BCUT2D eigenvalue weighted by atomic mass is 9.78. The smallest absolute Gasteiger partial charge is 0.223 e. The van der Waals surface area contributed by atoms with Gasteiger partial charge in [0.1, 0.15) is 0 Å². The van der Waals surface area contributed by atoms with Gasteiger partial charge < -0.3 is 10.2 Å². The van der Waals surface area contributed by atoms with E-state index < -0.39 is 0 Å². The van der Waals surface area contributed by atoms with Crippen LogP contribution >= 0.6 is 0 Å². The standard InChI is InChI=1S/C21H37N3O/c25-21-19(18-9-4-5-11-20(18)22-21)10-6-12-23-13-15-24(16-14-23)17-7-2-1-3-8-17/h17-20H,1-16H2,(H,22,25)/t18-,19?,20+/m0/s1. The third-order valence-electron chi connectivity index (χ3n) is 7.49. The quantitative estimate of drug-likeness (QED) is 0.830. The molecule has 1 unspecified atom stereocenters. The van der Waals surface area contributed by atoms with Crippen LogP contribution in [0.5, 0.6) is 0 Å². The molecule has 0 aromatic carbocycles. The van der Waals surface area contributed by atoms with Crippen molar-refractivity contribution in [2.75, 3.05) is 32.7 Å². The fourth-order valence-corrected chi connectivity index (χ4v) is 5.98. The number of hydrogen-bond donors (Lipinski definition) is 1. The largest absolute Gasteiger partial charge is 0.353 e. The Morgan fingerprint density at radius 2 is 1.60 bits per heavy atom. The van der Waals surface area contributed by atoms with E-state index in [1.807, 2.05) is 0 Å². The molecule has 2 saturated heterocycles. The molecule has 3 atom stereocenters. The van der Waals surface area contributed by atoms with Crippen molar-refractivity contribution < 1.29 is 4.79 Å². The fourth-order valence-electron chi connectivity index (χ4n) is 5.98. The van der Waals surface area contributed by atoms with Gasteiger partial charge in [0.25, 0.3) is 0 Å². The number of hydrogen-bond acceptors (Lipinski definition) is 3. The lowest BCUT2D eigenvalue weighted by Crippen LogP contribution is -2.50. The van der Waals surface area contributed by atoms with Crippen molar-refractivity contribution in [3.05, 3.63) is 0 Å². The minimum absolute atomic E-state index is 0.314. The van der Waals surface area contributed by atoms with Crippen LogP contribution in [-0.2, 0) is 4.79 Å². The van der Waals surface area contributed by atoms with Gasteiger partial charge in [0.2, 0.25) is 5.91 Å². The summed E-state index contributed by atoms with van der Waals surface area (Å²) >= 11 is 0. The van der Waals surface area contributed by atoms with Gasteiger partial charge in [-0.3, -0.25) is 9.69 Å². The number of rotatable bonds is 5. The summed E-state index contributed by atoms with van der Waals surface area (Å²) in [4.78, 5) is 17.7. The minimum atomic E-state index is 0.314. The van der Waals surface area contributed by atoms with E-state index >= 15 is 0 Å². The number of piperazine rings is 1. The Hall–Kier alpha value is -0.610. The van der Waals surface area contributed by atoms with Crippen molar-refractivity contribution in [3.63, 3.8) is 0 Å². The molecule has 2 aliphatic heterocycles. The van der Waals surface area contributed by atoms with E-state index in [1.165, 1.54) is 96.9 Å². The van der Waals surface area contributed by atoms with Crippen LogP contribution in [0.3, 0.4) is 0 Å². The van der Waals surface area contributed by atoms with E-state index in [0.717, 1.165) is 12.5 Å². The topological polar surface area (TPSA) is 35.6 Å². The molecule has 2 heterocycles. The molecular weight excluding hydrogens is 310 g/mol. The molecule has 4 fully saturated rings. The van der Waals surface area contributed by atoms with Crippen LogP contribution in [0.1, 0.15) is 70.6 Å². The minimum Gasteiger partial charge on any atom is -0.353 e. The average Bonchev–Trinajstić information content (AvgIpc) is 2.99. The molecule has 0 bridgehead atoms. The first-order valence-corrected chi connectivity index (χ1v) is 11.1. The summed E-state index contributed by atoms with van der Waals surface area (Å²) in [6, 6.07) is 1.38. The van der Waals surface area contributed by atoms with Crippen molar-refractivity contribution in [1.82, 2.24) is 15.1 Å². The number of amides is 1. The van der Waals surface area contributed by atoms with Crippen molar-refractivity contribution in [2.45, 2.75) is 82.7 Å². The van der Waals surface area contributed by atoms with E-state index in [4.69, 9.17) is 0 Å². The molecule has 4 heteroatoms. The van der Waals surface area contributed by atoms with Gasteiger partial charge in [-0.25, -0.2) is 0 Å². The molecule has 2 aliphatic carbocycles. The highest BCUT2D eigenvalue weighted by molar-refractivity contribution is 5.81. The Kier molecular flexibility index (Phi) is 5.97. The van der Waals surface area contributed by atoms with Gasteiger partial charge in [0.15, 0.2) is 0 Å². The molecule has 1 amide bonds. The number of carbonyl (C=O) groups is 1. The van der Waals surface area contributed by atoms with Crippen molar-refractivity contribution in [2.24, 2.45) is 11.8 Å². The second-order valence-electron chi connectivity index (χ2n) is 8.98. The Morgan fingerprint density at radius 3 is 2.40 bits per heavy atom. The van der Waals surface area contributed by atoms with Gasteiger partial charge >= 0.3 is 0 Å². The third-order valence-corrected chi connectivity index (χ3v) is 7.49. The van der Waals surface area contributed by atoms with E-state index in [2.05, 4.69) is 15.1 Å². The summed E-state index contributed by atoms with van der Waals surface area (Å²) in [7, 11) is 0. The van der Waals surface area contributed by atoms with Gasteiger partial charge in [-0.15, -0.1) is 0 Å². The highest BCUT2D eigenvalue weighted by atomic mass is 16.2. The first kappa shape index (κ1) is 17.8. The molecule has 4 nitrogen and oxygen atoms in total. The van der Waals surface area contributed by atoms with Crippen LogP contribution in [-0.4, -0.2) is 60.5 Å². The van der Waals surface area contributed by atoms with E-state index in [-0.39, 0.29) is 0 Å². The summed E-state index contributed by atoms with van der Waals surface area (Å²) in [5.41, 5.74) is 0. The van der Waals surface area contributed by atoms with Gasteiger partial charge in [0, 0.05) is 44.2 Å². The second-order valence-corrected chi connectivity index (χ2v) is 8.98. The van der Waals surface area contributed by atoms with Gasteiger partial charge in [-0.1, -0.05) is 32.1 Å². The molecule has 4 aliphatic rings. The van der Waals surface area contributed by atoms with E-state index in [0.29, 0.717) is 23.8 Å². The van der Waals surface area contributed by atoms with E-state index in [1.54, 1.807) is 0 Å². The van der Waals surface area contributed by atoms with Gasteiger partial charge in [0.05, 0.1) is 0 Å². The van der Waals surface area contributed by atoms with Gasteiger partial charge in [-0.2, -0.15) is 0 Å². The zero-order valence-electron chi connectivity index (χ0n) is 15.9. The van der Waals surface area contributed by atoms with Crippen LogP contribution in [0.2, 0.25) is 0 Å². The number of carbonyl (C=O) groups excluding carboxylic acids is 1. The summed E-state index contributed by atoms with van der Waals surface area (Å²) in [5, 5.41) is 3.28. The number of fused-ring (bicyclic) bond motifs is 1. The maximum absolute atomic E-state index is 12.3. The van der Waals surface area contributed by atoms with Crippen LogP contribution in [0.25, 0.3) is 0 Å². The normalized spacial score (nSPS) is 35.5. The summed E-state index contributed by atoms with van der Waals surface area (Å²) in [6.07, 6.45) is 14.6. The molecule has 0 radical (unpaired) electrons. The maximum Gasteiger partial charge on any atom is 0.223 e. The number of nitrogens with zero attached hydrogens (tertiary/aromatic N) is 2. The highest BCUT2D eigenvalue weighted by Crippen LogP contribution is 2.37. The SMILES string of the molecule is O=C1N[C@@H]2CCCC[C@H]2C1CCCN1CCN(C2CCCCC2)CC1. The highest BCUT2D eigenvalue weighted by Gasteiger charge is 2.42. The molecule has 0 spiro atoms. The zero-order chi connectivity index (χ0) is 17.1. The summed E-state index contributed by atoms with van der Waals surface area (Å²) in [6.45, 7) is 6.19. The predicted molar refractivity (Wildman–Crippen MR) is 101 cm³/mol. The molecule has 142 valence electrons. The average molecular weight is 348 g/mol. The zero-order valence-corrected chi connectivity index (χ0v) is 15.9. The Balaban J connectivity index is 1.16. The molecule has 25 heavy (non-hydrogen) atoms. The van der Waals surface area contributed by atoms with Crippen molar-refractivity contribution >= 4 is 5.91 Å². The maximum atomic E-state index is 12.3. The lowest BCUT2D eigenvalue weighted by molar-refractivity contribution is -0.123. The van der Waals surface area contributed by atoms with Crippen LogP contribution in [0, 0.1) is 11.8 Å². The third kappa shape index (κ3) is 4.21. The molecule has 4 rings (SSSR count). The Bertz CT molecular complexity index is 440. The molecular formula is C21H37N3O. The first-order valence-electron chi connectivity index (χ1n) is 11.1. The lowest BCUT2D eigenvalue weighted by Gasteiger charge is -2.40. The molecule has 1 N–H and O–H groups in total. The fraction of sp³-hybridized carbons (Fsp3) is 0.952. The predicted octanol–water partition coefficient (Wildman–Crippen LogP) is 3.02. The Labute approximate surface area is 153 Å². The van der Waals surface area contributed by atoms with Gasteiger partial charge in [-0.05, 0) is 51.0 Å². The van der Waals surface area contributed by atoms with Crippen LogP contribution in [0.4, 0.5) is 0 Å². The molecule has 0 aromatic heterocycles. The second kappa shape index (κ2) is 8.39. The van der Waals surface area contributed by atoms with Crippen LogP contribution in [0.15, 0.2) is 0 Å².